The first-order chi connectivity index (χ1) is 12.1. The molecule has 0 amide bonds. The van der Waals surface area contributed by atoms with E-state index in [9.17, 15) is 4.79 Å². The summed E-state index contributed by atoms with van der Waals surface area (Å²) in [6, 6.07) is 6.75. The van der Waals surface area contributed by atoms with E-state index in [0.717, 1.165) is 57.0 Å². The second-order valence-electron chi connectivity index (χ2n) is 6.73. The van der Waals surface area contributed by atoms with E-state index in [4.69, 9.17) is 9.72 Å². The van der Waals surface area contributed by atoms with Crippen LogP contribution in [0.25, 0.3) is 0 Å². The van der Waals surface area contributed by atoms with Crippen LogP contribution in [0.1, 0.15) is 57.1 Å². The summed E-state index contributed by atoms with van der Waals surface area (Å²) in [7, 11) is 0. The van der Waals surface area contributed by atoms with Gasteiger partial charge in [-0.2, -0.15) is 0 Å². The maximum Gasteiger partial charge on any atom is 0.302 e. The molecule has 1 aliphatic rings. The van der Waals surface area contributed by atoms with Crippen LogP contribution in [0.3, 0.4) is 0 Å². The van der Waals surface area contributed by atoms with Crippen LogP contribution < -0.4 is 10.6 Å². The minimum Gasteiger partial charge on any atom is -0.465 e. The molecule has 1 aromatic rings. The van der Waals surface area contributed by atoms with Gasteiger partial charge in [0.2, 0.25) is 0 Å². The van der Waals surface area contributed by atoms with E-state index in [1.807, 2.05) is 0 Å². The zero-order chi connectivity index (χ0) is 18.1. The van der Waals surface area contributed by atoms with Gasteiger partial charge in [0.1, 0.15) is 6.61 Å². The Bertz CT molecular complexity index is 505. The smallest absolute Gasteiger partial charge is 0.302 e. The molecule has 0 aromatic carbocycles. The zero-order valence-corrected chi connectivity index (χ0v) is 15.8. The highest BCUT2D eigenvalue weighted by Crippen LogP contribution is 2.15. The van der Waals surface area contributed by atoms with Crippen LogP contribution in [0.4, 0.5) is 0 Å². The number of fused-ring (bicyclic) bond motifs is 2. The van der Waals surface area contributed by atoms with E-state index in [1.54, 1.807) is 0 Å². The van der Waals surface area contributed by atoms with Crippen molar-refractivity contribution in [3.8, 4) is 0 Å². The Kier molecular flexibility index (Phi) is 8.31. The van der Waals surface area contributed by atoms with Gasteiger partial charge in [-0.25, -0.2) is 0 Å². The lowest BCUT2D eigenvalue weighted by molar-refractivity contribution is -0.141. The number of ether oxygens (including phenoxy) is 1. The number of carbonyl (C=O) groups excluding carboxylic acids is 1. The summed E-state index contributed by atoms with van der Waals surface area (Å²) >= 11 is 0. The standard InChI is InChI=1S/C19H32N4O2/c1-15-18-7-4-8-19(22-18)16(2)21-10-6-12-23(11-5-9-20-15)13-14-25-17(3)24/h4,7-8,15-16,20-21H,5-6,9-14H2,1-3H3. The average molecular weight is 348 g/mol. The van der Waals surface area contributed by atoms with Crippen LogP contribution in [0.5, 0.6) is 0 Å². The van der Waals surface area contributed by atoms with Crippen molar-refractivity contribution in [1.82, 2.24) is 20.5 Å². The van der Waals surface area contributed by atoms with Gasteiger partial charge >= 0.3 is 5.97 Å². The number of nitrogens with one attached hydrogen (secondary N) is 2. The largest absolute Gasteiger partial charge is 0.465 e. The van der Waals surface area contributed by atoms with Gasteiger partial charge in [0.25, 0.3) is 0 Å². The number of hydrogen-bond acceptors (Lipinski definition) is 6. The van der Waals surface area contributed by atoms with E-state index in [1.165, 1.54) is 6.92 Å². The molecule has 6 heteroatoms. The molecule has 0 saturated heterocycles. The van der Waals surface area contributed by atoms with Crippen molar-refractivity contribution in [2.24, 2.45) is 0 Å². The summed E-state index contributed by atoms with van der Waals surface area (Å²) < 4.78 is 5.10. The molecule has 0 fully saturated rings. The highest BCUT2D eigenvalue weighted by Gasteiger charge is 2.13. The summed E-state index contributed by atoms with van der Waals surface area (Å²) in [5, 5.41) is 7.12. The van der Waals surface area contributed by atoms with E-state index in [0.29, 0.717) is 6.61 Å². The molecule has 6 nitrogen and oxygen atoms in total. The van der Waals surface area contributed by atoms with Crippen molar-refractivity contribution >= 4 is 5.97 Å². The van der Waals surface area contributed by atoms with Crippen LogP contribution in [-0.2, 0) is 9.53 Å². The SMILES string of the molecule is CC(=O)OCCN1CCCNC(C)c2cccc(n2)C(C)NCCC1. The molecule has 25 heavy (non-hydrogen) atoms. The lowest BCUT2D eigenvalue weighted by atomic mass is 10.1. The van der Waals surface area contributed by atoms with E-state index < -0.39 is 0 Å². The first kappa shape index (κ1) is 19.8. The van der Waals surface area contributed by atoms with Crippen LogP contribution in [0.15, 0.2) is 18.2 Å². The normalized spacial score (nSPS) is 23.6. The van der Waals surface area contributed by atoms with Gasteiger partial charge in [-0.3, -0.25) is 14.7 Å². The van der Waals surface area contributed by atoms with Crippen LogP contribution in [0, 0.1) is 0 Å². The molecule has 0 radical (unpaired) electrons. The van der Waals surface area contributed by atoms with Crippen molar-refractivity contribution < 1.29 is 9.53 Å². The lowest BCUT2D eigenvalue weighted by Crippen LogP contribution is -2.34. The van der Waals surface area contributed by atoms with Crippen molar-refractivity contribution in [2.75, 3.05) is 39.3 Å². The third-order valence-electron chi connectivity index (χ3n) is 4.60. The lowest BCUT2D eigenvalue weighted by Gasteiger charge is -2.24. The van der Waals surface area contributed by atoms with Gasteiger partial charge in [-0.05, 0) is 65.0 Å². The van der Waals surface area contributed by atoms with E-state index >= 15 is 0 Å². The number of rotatable bonds is 3. The number of pyridine rings is 1. The number of esters is 1. The average Bonchev–Trinajstić information content (AvgIpc) is 2.60. The minimum atomic E-state index is -0.207. The predicted molar refractivity (Wildman–Crippen MR) is 99.4 cm³/mol. The van der Waals surface area contributed by atoms with E-state index in [-0.39, 0.29) is 18.1 Å². The highest BCUT2D eigenvalue weighted by atomic mass is 16.5. The molecule has 2 rings (SSSR count). The molecule has 0 spiro atoms. The predicted octanol–water partition coefficient (Wildman–Crippen LogP) is 2.04. The first-order valence-corrected chi connectivity index (χ1v) is 9.35. The van der Waals surface area contributed by atoms with Crippen molar-refractivity contribution in [1.29, 1.82) is 0 Å². The molecule has 2 unspecified atom stereocenters. The maximum atomic E-state index is 10.9. The summed E-state index contributed by atoms with van der Waals surface area (Å²) in [6.07, 6.45) is 2.13. The maximum absolute atomic E-state index is 10.9. The first-order valence-electron chi connectivity index (χ1n) is 9.35. The fraction of sp³-hybridized carbons (Fsp3) is 0.684. The van der Waals surface area contributed by atoms with Gasteiger partial charge in [0.05, 0.1) is 11.4 Å². The van der Waals surface area contributed by atoms with E-state index in [2.05, 4.69) is 47.6 Å². The molecule has 140 valence electrons. The number of nitrogens with zero attached hydrogens (tertiary/aromatic N) is 2. The fourth-order valence-electron chi connectivity index (χ4n) is 3.06. The molecular formula is C19H32N4O2. The zero-order valence-electron chi connectivity index (χ0n) is 15.8. The van der Waals surface area contributed by atoms with Crippen LogP contribution in [-0.4, -0.2) is 55.2 Å². The number of carbonyl (C=O) groups is 1. The van der Waals surface area contributed by atoms with Crippen molar-refractivity contribution in [2.45, 2.75) is 45.7 Å². The van der Waals surface area contributed by atoms with Gasteiger partial charge in [-0.15, -0.1) is 0 Å². The molecule has 1 aliphatic heterocycles. The van der Waals surface area contributed by atoms with Crippen LogP contribution >= 0.6 is 0 Å². The summed E-state index contributed by atoms with van der Waals surface area (Å²) in [5.74, 6) is -0.207. The fourth-order valence-corrected chi connectivity index (χ4v) is 3.06. The highest BCUT2D eigenvalue weighted by molar-refractivity contribution is 5.65. The van der Waals surface area contributed by atoms with Crippen molar-refractivity contribution in [3.63, 3.8) is 0 Å². The third-order valence-corrected chi connectivity index (χ3v) is 4.60. The molecule has 2 bridgehead atoms. The number of aromatic nitrogens is 1. The molecule has 2 N–H and O–H groups in total. The molecule has 1 aromatic heterocycles. The van der Waals surface area contributed by atoms with Crippen molar-refractivity contribution in [3.05, 3.63) is 29.6 Å². The molecule has 2 heterocycles. The summed E-state index contributed by atoms with van der Waals surface area (Å²) in [6.45, 7) is 11.0. The van der Waals surface area contributed by atoms with Crippen LogP contribution in [0.2, 0.25) is 0 Å². The summed E-state index contributed by atoms with van der Waals surface area (Å²) in [5.41, 5.74) is 2.19. The number of hydrogen-bond donors (Lipinski definition) is 2. The monoisotopic (exact) mass is 348 g/mol. The van der Waals surface area contributed by atoms with Gasteiger partial charge < -0.3 is 15.4 Å². The Morgan fingerprint density at radius 2 is 1.72 bits per heavy atom. The third kappa shape index (κ3) is 7.10. The summed E-state index contributed by atoms with van der Waals surface area (Å²) in [4.78, 5) is 18.1. The Labute approximate surface area is 151 Å². The quantitative estimate of drug-likeness (QED) is 0.815. The molecule has 0 aliphatic carbocycles. The van der Waals surface area contributed by atoms with Gasteiger partial charge in [0.15, 0.2) is 0 Å². The Morgan fingerprint density at radius 1 is 1.16 bits per heavy atom. The molecule has 2 atom stereocenters. The topological polar surface area (TPSA) is 66.5 Å². The van der Waals surface area contributed by atoms with Gasteiger partial charge in [0, 0.05) is 25.6 Å². The second kappa shape index (κ2) is 10.5. The van der Waals surface area contributed by atoms with Gasteiger partial charge in [-0.1, -0.05) is 6.07 Å². The second-order valence-corrected chi connectivity index (χ2v) is 6.73. The Balaban J connectivity index is 1.94. The molecular weight excluding hydrogens is 316 g/mol. The Morgan fingerprint density at radius 3 is 2.24 bits per heavy atom. The Hall–Kier alpha value is -1.50. The molecule has 0 saturated carbocycles. The minimum absolute atomic E-state index is 0.207.